The number of ether oxygens (including phenoxy) is 2. The molecule has 1 aromatic heterocycles. The molecule has 0 spiro atoms. The molecule has 1 saturated heterocycles. The molecule has 1 aliphatic rings. The average Bonchev–Trinajstić information content (AvgIpc) is 3.48. The second-order valence-corrected chi connectivity index (χ2v) is 10.3. The van der Waals surface area contributed by atoms with Crippen molar-refractivity contribution in [3.63, 3.8) is 0 Å². The van der Waals surface area contributed by atoms with E-state index in [9.17, 15) is 44.4 Å². The summed E-state index contributed by atoms with van der Waals surface area (Å²) in [7, 11) is 0. The van der Waals surface area contributed by atoms with Gasteiger partial charge in [0.15, 0.2) is 5.11 Å². The topological polar surface area (TPSA) is 228 Å². The number of carbonyl (C=O) groups is 5. The van der Waals surface area contributed by atoms with Crippen LogP contribution in [0.25, 0.3) is 17.0 Å². The van der Waals surface area contributed by atoms with Crippen LogP contribution in [0.5, 0.6) is 11.5 Å². The van der Waals surface area contributed by atoms with Gasteiger partial charge in [0.2, 0.25) is 0 Å². The molecule has 6 N–H and O–H groups in total. The van der Waals surface area contributed by atoms with E-state index in [0.29, 0.717) is 5.39 Å². The number of carboxylic acids is 4. The minimum atomic E-state index is -1.30. The van der Waals surface area contributed by atoms with Crippen molar-refractivity contribution in [3.05, 3.63) is 53.4 Å². The molecule has 0 atom stereocenters. The second-order valence-electron chi connectivity index (χ2n) is 9.93. The van der Waals surface area contributed by atoms with E-state index in [1.165, 1.54) is 18.2 Å². The number of hydrogen-bond acceptors (Lipinski definition) is 11. The van der Waals surface area contributed by atoms with Crippen molar-refractivity contribution in [2.75, 3.05) is 49.2 Å². The number of anilines is 2. The Hall–Kier alpha value is -5.84. The Kier molecular flexibility index (Phi) is 10.3. The molecule has 0 aliphatic carbocycles. The highest BCUT2D eigenvalue weighted by Gasteiger charge is 2.23. The lowest BCUT2D eigenvalue weighted by atomic mass is 10.2. The minimum absolute atomic E-state index is 0.0918. The van der Waals surface area contributed by atoms with Crippen LogP contribution in [0.2, 0.25) is 0 Å². The van der Waals surface area contributed by atoms with Crippen molar-refractivity contribution in [1.29, 1.82) is 0 Å². The van der Waals surface area contributed by atoms with E-state index in [0.717, 1.165) is 15.4 Å². The Labute approximate surface area is 265 Å². The summed E-state index contributed by atoms with van der Waals surface area (Å²) in [6.45, 7) is -1.04. The monoisotopic (exact) mass is 656 g/mol. The molecular weight excluding hydrogens is 628 g/mol. The predicted molar refractivity (Wildman–Crippen MR) is 165 cm³/mol. The van der Waals surface area contributed by atoms with Crippen LogP contribution in [-0.4, -0.2) is 94.7 Å². The molecule has 1 fully saturated rings. The zero-order valence-corrected chi connectivity index (χ0v) is 25.0. The van der Waals surface area contributed by atoms with Gasteiger partial charge in [-0.3, -0.25) is 29.3 Å². The maximum Gasteiger partial charge on any atom is 0.323 e. The summed E-state index contributed by atoms with van der Waals surface area (Å²) in [5.41, 5.74) is 1.46. The van der Waals surface area contributed by atoms with E-state index < -0.39 is 56.0 Å². The van der Waals surface area contributed by atoms with E-state index in [2.05, 4.69) is 10.6 Å². The molecule has 16 nitrogen and oxygen atoms in total. The van der Waals surface area contributed by atoms with Gasteiger partial charge in [-0.2, -0.15) is 0 Å². The fraction of sp³-hybridized carbons (Fsp3) is 0.241. The van der Waals surface area contributed by atoms with Gasteiger partial charge in [-0.15, -0.1) is 0 Å². The maximum atomic E-state index is 12.1. The van der Waals surface area contributed by atoms with Crippen molar-refractivity contribution in [2.24, 2.45) is 0 Å². The van der Waals surface area contributed by atoms with E-state index in [-0.39, 0.29) is 58.2 Å². The summed E-state index contributed by atoms with van der Waals surface area (Å²) < 4.78 is 17.6. The van der Waals surface area contributed by atoms with Crippen LogP contribution in [0.4, 0.5) is 11.4 Å². The Balaban J connectivity index is 1.62. The molecule has 0 bridgehead atoms. The number of nitrogens with zero attached hydrogens (tertiary/aromatic N) is 2. The molecule has 3 aromatic rings. The number of aryl methyl sites for hydroxylation is 1. The summed E-state index contributed by atoms with van der Waals surface area (Å²) in [5, 5.41) is 43.2. The molecule has 4 rings (SSSR count). The van der Waals surface area contributed by atoms with Crippen LogP contribution in [0, 0.1) is 6.92 Å². The second kappa shape index (κ2) is 14.3. The molecule has 2 aromatic carbocycles. The number of hydrogen-bond donors (Lipinski definition) is 6. The van der Waals surface area contributed by atoms with E-state index in [4.69, 9.17) is 26.1 Å². The molecule has 0 unspecified atom stereocenters. The largest absolute Gasteiger partial charge is 0.488 e. The van der Waals surface area contributed by atoms with Crippen LogP contribution in [0.15, 0.2) is 46.5 Å². The lowest BCUT2D eigenvalue weighted by molar-refractivity contribution is -0.138. The number of thiocarbonyl (C=S) groups is 1. The van der Waals surface area contributed by atoms with Gasteiger partial charge in [-0.05, 0) is 49.0 Å². The first kappa shape index (κ1) is 33.1. The number of nitrogens with one attached hydrogen (secondary N) is 2. The summed E-state index contributed by atoms with van der Waals surface area (Å²) in [5.74, 6) is -4.99. The molecule has 0 saturated carbocycles. The van der Waals surface area contributed by atoms with Crippen LogP contribution >= 0.6 is 12.2 Å². The van der Waals surface area contributed by atoms with Gasteiger partial charge >= 0.3 is 23.9 Å². The van der Waals surface area contributed by atoms with Gasteiger partial charge in [-0.25, -0.2) is 0 Å². The normalized spacial score (nSPS) is 13.3. The van der Waals surface area contributed by atoms with Crippen molar-refractivity contribution in [1.82, 2.24) is 10.6 Å². The highest BCUT2D eigenvalue weighted by molar-refractivity contribution is 7.80. The van der Waals surface area contributed by atoms with Crippen molar-refractivity contribution >= 4 is 75.5 Å². The molecule has 1 aliphatic heterocycles. The van der Waals surface area contributed by atoms with Crippen LogP contribution < -0.4 is 29.9 Å². The van der Waals surface area contributed by atoms with Crippen LogP contribution in [0.1, 0.15) is 11.3 Å². The summed E-state index contributed by atoms with van der Waals surface area (Å²) in [6.07, 6.45) is 1.41. The van der Waals surface area contributed by atoms with Crippen molar-refractivity contribution in [3.8, 4) is 11.5 Å². The molecule has 1 amide bonds. The van der Waals surface area contributed by atoms with E-state index in [1.54, 1.807) is 31.2 Å². The first-order valence-electron chi connectivity index (χ1n) is 13.4. The zero-order chi connectivity index (χ0) is 33.5. The number of rotatable bonds is 16. The average molecular weight is 657 g/mol. The lowest BCUT2D eigenvalue weighted by Crippen LogP contribution is -2.35. The van der Waals surface area contributed by atoms with Gasteiger partial charge in [0.05, 0.1) is 11.4 Å². The van der Waals surface area contributed by atoms with Crippen LogP contribution in [-0.2, 0) is 24.0 Å². The SMILES string of the molecule is Cc1ccc(N(CC(=O)O)CC(=O)O)c(OCCOc2cc3cc(/C=C4/NC(=S)NC4=O)oc3cc2N(CC(=O)O)CC(=O)O)c1. The Morgan fingerprint density at radius 2 is 1.35 bits per heavy atom. The molecule has 46 heavy (non-hydrogen) atoms. The molecular formula is C29H28N4O12S. The number of furan rings is 1. The standard InChI is InChI=1S/C29H28N4O12S/c1-15-2-3-19(32(11-24(34)35)12-25(36)37)22(6-15)43-4-5-44-23-8-16-7-17(9-18-28(42)31-29(46)30-18)45-21(16)10-20(23)33(13-26(38)39)14-27(40)41/h2-3,6-10H,4-5,11-14H2,1H3,(H,34,35)(H,36,37)(H,38,39)(H,40,41)(H2,30,31,42,46)/b18-9+. The van der Waals surface area contributed by atoms with Gasteiger partial charge in [0.1, 0.15) is 67.9 Å². The Morgan fingerprint density at radius 1 is 0.804 bits per heavy atom. The van der Waals surface area contributed by atoms with Gasteiger partial charge in [0.25, 0.3) is 5.91 Å². The third kappa shape index (κ3) is 8.63. The maximum absolute atomic E-state index is 12.1. The summed E-state index contributed by atoms with van der Waals surface area (Å²) in [4.78, 5) is 60.2. The van der Waals surface area contributed by atoms with Gasteiger partial charge < -0.3 is 49.4 Å². The molecule has 17 heteroatoms. The molecule has 242 valence electrons. The third-order valence-corrected chi connectivity index (χ3v) is 6.53. The highest BCUT2D eigenvalue weighted by atomic mass is 32.1. The predicted octanol–water partition coefficient (Wildman–Crippen LogP) is 1.50. The quantitative estimate of drug-likeness (QED) is 0.0729. The number of amides is 1. The number of benzene rings is 2. The number of aliphatic carboxylic acids is 4. The van der Waals surface area contributed by atoms with Crippen molar-refractivity contribution < 1.29 is 58.3 Å². The minimum Gasteiger partial charge on any atom is -0.488 e. The highest BCUT2D eigenvalue weighted by Crippen LogP contribution is 2.36. The number of carboxylic acid groups (broad SMARTS) is 4. The first-order valence-corrected chi connectivity index (χ1v) is 13.8. The first-order chi connectivity index (χ1) is 21.8. The van der Waals surface area contributed by atoms with Crippen molar-refractivity contribution in [2.45, 2.75) is 6.92 Å². The third-order valence-electron chi connectivity index (χ3n) is 6.32. The smallest absolute Gasteiger partial charge is 0.323 e. The summed E-state index contributed by atoms with van der Waals surface area (Å²) >= 11 is 4.93. The number of fused-ring (bicyclic) bond motifs is 1. The van der Waals surface area contributed by atoms with Crippen LogP contribution in [0.3, 0.4) is 0 Å². The zero-order valence-electron chi connectivity index (χ0n) is 24.1. The van der Waals surface area contributed by atoms with Gasteiger partial charge in [-0.1, -0.05) is 6.07 Å². The van der Waals surface area contributed by atoms with E-state index in [1.807, 2.05) is 0 Å². The molecule has 2 heterocycles. The fourth-order valence-electron chi connectivity index (χ4n) is 4.54. The Bertz CT molecular complexity index is 1720. The summed E-state index contributed by atoms with van der Waals surface area (Å²) in [6, 6.07) is 9.35. The lowest BCUT2D eigenvalue weighted by Gasteiger charge is -2.25. The van der Waals surface area contributed by atoms with Gasteiger partial charge in [0, 0.05) is 17.5 Å². The van der Waals surface area contributed by atoms with E-state index >= 15 is 0 Å². The number of carbonyl (C=O) groups excluding carboxylic acids is 1. The molecule has 0 radical (unpaired) electrons. The fourth-order valence-corrected chi connectivity index (χ4v) is 4.74. The Morgan fingerprint density at radius 3 is 1.87 bits per heavy atom.